The average molecular weight is 203 g/mol. The first-order valence-electron chi connectivity index (χ1n) is 5.43. The lowest BCUT2D eigenvalue weighted by atomic mass is 10.1. The van der Waals surface area contributed by atoms with E-state index < -0.39 is 0 Å². The number of aryl methyl sites for hydroxylation is 1. The Labute approximate surface area is 90.3 Å². The molecule has 0 atom stereocenters. The van der Waals surface area contributed by atoms with Gasteiger partial charge in [0, 0.05) is 24.2 Å². The van der Waals surface area contributed by atoms with Gasteiger partial charge < -0.3 is 9.72 Å². The van der Waals surface area contributed by atoms with E-state index in [1.807, 2.05) is 0 Å². The summed E-state index contributed by atoms with van der Waals surface area (Å²) in [6.45, 7) is 2.97. The smallest absolute Gasteiger partial charge is 0.0503 e. The maximum atomic E-state index is 5.11. The third-order valence-corrected chi connectivity index (χ3v) is 2.84. The highest BCUT2D eigenvalue weighted by Crippen LogP contribution is 2.22. The number of methoxy groups -OCH3 is 1. The third-order valence-electron chi connectivity index (χ3n) is 2.84. The summed E-state index contributed by atoms with van der Waals surface area (Å²) in [5.41, 5.74) is 4.02. The number of fused-ring (bicyclic) bond motifs is 1. The summed E-state index contributed by atoms with van der Waals surface area (Å²) >= 11 is 0. The van der Waals surface area contributed by atoms with Crippen LogP contribution in [0.15, 0.2) is 24.4 Å². The van der Waals surface area contributed by atoms with Crippen molar-refractivity contribution in [1.29, 1.82) is 0 Å². The predicted octanol–water partition coefficient (Wildman–Crippen LogP) is 2.92. The number of aromatic amines is 1. The Balaban J connectivity index is 2.42. The molecular formula is C13H17NO. The summed E-state index contributed by atoms with van der Waals surface area (Å²) < 4.78 is 5.11. The lowest BCUT2D eigenvalue weighted by molar-refractivity contribution is 0.202. The monoisotopic (exact) mass is 203 g/mol. The van der Waals surface area contributed by atoms with Crippen LogP contribution in [0.25, 0.3) is 10.9 Å². The molecule has 0 saturated carbocycles. The molecule has 0 aliphatic rings. The second-order valence-corrected chi connectivity index (χ2v) is 3.75. The van der Waals surface area contributed by atoms with Crippen LogP contribution < -0.4 is 0 Å². The summed E-state index contributed by atoms with van der Waals surface area (Å²) in [5.74, 6) is 0. The van der Waals surface area contributed by atoms with Gasteiger partial charge in [-0.3, -0.25) is 0 Å². The van der Waals surface area contributed by atoms with E-state index in [1.165, 1.54) is 22.0 Å². The normalized spacial score (nSPS) is 11.1. The highest BCUT2D eigenvalue weighted by molar-refractivity contribution is 5.86. The summed E-state index contributed by atoms with van der Waals surface area (Å²) in [6, 6.07) is 6.49. The van der Waals surface area contributed by atoms with Crippen LogP contribution in [0.2, 0.25) is 0 Å². The standard InChI is InChI=1S/C13H17NO/c1-3-10-5-4-6-12-11(7-8-15-2)9-14-13(10)12/h4-6,9,14H,3,7-8H2,1-2H3. The predicted molar refractivity (Wildman–Crippen MR) is 63.3 cm³/mol. The molecule has 0 spiro atoms. The molecule has 15 heavy (non-hydrogen) atoms. The lowest BCUT2D eigenvalue weighted by Crippen LogP contribution is -1.92. The van der Waals surface area contributed by atoms with Gasteiger partial charge in [-0.2, -0.15) is 0 Å². The summed E-state index contributed by atoms with van der Waals surface area (Å²) in [7, 11) is 1.74. The molecule has 0 bridgehead atoms. The van der Waals surface area contributed by atoms with Crippen LogP contribution in [0.4, 0.5) is 0 Å². The second-order valence-electron chi connectivity index (χ2n) is 3.75. The van der Waals surface area contributed by atoms with E-state index in [9.17, 15) is 0 Å². The molecule has 2 heteroatoms. The van der Waals surface area contributed by atoms with E-state index in [-0.39, 0.29) is 0 Å². The van der Waals surface area contributed by atoms with Crippen LogP contribution in [-0.4, -0.2) is 18.7 Å². The van der Waals surface area contributed by atoms with Crippen LogP contribution in [0, 0.1) is 0 Å². The molecule has 0 unspecified atom stereocenters. The molecule has 0 fully saturated rings. The van der Waals surface area contributed by atoms with Gasteiger partial charge in [-0.05, 0) is 24.0 Å². The van der Waals surface area contributed by atoms with Gasteiger partial charge in [0.2, 0.25) is 0 Å². The van der Waals surface area contributed by atoms with Gasteiger partial charge in [0.05, 0.1) is 6.61 Å². The zero-order valence-corrected chi connectivity index (χ0v) is 9.34. The summed E-state index contributed by atoms with van der Waals surface area (Å²) in [6.07, 6.45) is 4.15. The number of hydrogen-bond donors (Lipinski definition) is 1. The average Bonchev–Trinajstić information content (AvgIpc) is 2.69. The van der Waals surface area contributed by atoms with Gasteiger partial charge in [0.15, 0.2) is 0 Å². The minimum absolute atomic E-state index is 0.781. The minimum atomic E-state index is 0.781. The minimum Gasteiger partial charge on any atom is -0.384 e. The number of hydrogen-bond acceptors (Lipinski definition) is 1. The zero-order chi connectivity index (χ0) is 10.7. The van der Waals surface area contributed by atoms with Crippen LogP contribution in [0.5, 0.6) is 0 Å². The van der Waals surface area contributed by atoms with Crippen LogP contribution in [-0.2, 0) is 17.6 Å². The molecule has 80 valence electrons. The number of H-pyrrole nitrogens is 1. The zero-order valence-electron chi connectivity index (χ0n) is 9.34. The van der Waals surface area contributed by atoms with Crippen LogP contribution >= 0.6 is 0 Å². The highest BCUT2D eigenvalue weighted by atomic mass is 16.5. The Hall–Kier alpha value is -1.28. The van der Waals surface area contributed by atoms with Crippen molar-refractivity contribution in [3.63, 3.8) is 0 Å². The number of ether oxygens (including phenoxy) is 1. The largest absolute Gasteiger partial charge is 0.384 e. The molecule has 1 N–H and O–H groups in total. The van der Waals surface area contributed by atoms with Crippen molar-refractivity contribution in [1.82, 2.24) is 4.98 Å². The number of nitrogens with one attached hydrogen (secondary N) is 1. The fraction of sp³-hybridized carbons (Fsp3) is 0.385. The first kappa shape index (κ1) is 10.2. The number of aromatic nitrogens is 1. The van der Waals surface area contributed by atoms with Crippen molar-refractivity contribution in [2.75, 3.05) is 13.7 Å². The molecule has 0 amide bonds. The van der Waals surface area contributed by atoms with E-state index in [4.69, 9.17) is 4.74 Å². The first-order chi connectivity index (χ1) is 7.36. The third kappa shape index (κ3) is 1.90. The number of benzene rings is 1. The molecule has 1 heterocycles. The molecule has 2 aromatic rings. The van der Waals surface area contributed by atoms with Crippen molar-refractivity contribution in [2.45, 2.75) is 19.8 Å². The molecule has 0 radical (unpaired) electrons. The molecule has 2 rings (SSSR count). The van der Waals surface area contributed by atoms with Gasteiger partial charge in [-0.25, -0.2) is 0 Å². The van der Waals surface area contributed by atoms with E-state index in [0.29, 0.717) is 0 Å². The van der Waals surface area contributed by atoms with E-state index in [2.05, 4.69) is 36.3 Å². The fourth-order valence-electron chi connectivity index (χ4n) is 1.99. The Morgan fingerprint density at radius 2 is 2.13 bits per heavy atom. The lowest BCUT2D eigenvalue weighted by Gasteiger charge is -2.00. The SMILES string of the molecule is CCc1cccc2c(CCOC)c[nH]c12. The molecule has 0 saturated heterocycles. The van der Waals surface area contributed by atoms with E-state index in [0.717, 1.165) is 19.4 Å². The maximum absolute atomic E-state index is 5.11. The van der Waals surface area contributed by atoms with E-state index in [1.54, 1.807) is 7.11 Å². The molecule has 1 aromatic carbocycles. The molecule has 0 aliphatic carbocycles. The van der Waals surface area contributed by atoms with Gasteiger partial charge >= 0.3 is 0 Å². The second kappa shape index (κ2) is 4.49. The van der Waals surface area contributed by atoms with Gasteiger partial charge in [0.25, 0.3) is 0 Å². The van der Waals surface area contributed by atoms with E-state index >= 15 is 0 Å². The summed E-state index contributed by atoms with van der Waals surface area (Å²) in [5, 5.41) is 1.34. The van der Waals surface area contributed by atoms with Crippen molar-refractivity contribution >= 4 is 10.9 Å². The highest BCUT2D eigenvalue weighted by Gasteiger charge is 2.05. The molecule has 1 aromatic heterocycles. The van der Waals surface area contributed by atoms with Gasteiger partial charge in [-0.15, -0.1) is 0 Å². The quantitative estimate of drug-likeness (QED) is 0.812. The molecule has 0 aliphatic heterocycles. The number of rotatable bonds is 4. The maximum Gasteiger partial charge on any atom is 0.0503 e. The van der Waals surface area contributed by atoms with Gasteiger partial charge in [-0.1, -0.05) is 25.1 Å². The van der Waals surface area contributed by atoms with Crippen molar-refractivity contribution in [3.05, 3.63) is 35.5 Å². The molecular weight excluding hydrogens is 186 g/mol. The Kier molecular flexibility index (Phi) is 3.07. The van der Waals surface area contributed by atoms with Crippen LogP contribution in [0.1, 0.15) is 18.1 Å². The summed E-state index contributed by atoms with van der Waals surface area (Å²) in [4.78, 5) is 3.36. The topological polar surface area (TPSA) is 25.0 Å². The van der Waals surface area contributed by atoms with Gasteiger partial charge in [0.1, 0.15) is 0 Å². The van der Waals surface area contributed by atoms with Crippen molar-refractivity contribution < 1.29 is 4.74 Å². The van der Waals surface area contributed by atoms with Crippen LogP contribution in [0.3, 0.4) is 0 Å². The van der Waals surface area contributed by atoms with Crippen molar-refractivity contribution in [2.24, 2.45) is 0 Å². The Morgan fingerprint density at radius 1 is 1.27 bits per heavy atom. The first-order valence-corrected chi connectivity index (χ1v) is 5.43. The fourth-order valence-corrected chi connectivity index (χ4v) is 1.99. The Morgan fingerprint density at radius 3 is 2.87 bits per heavy atom. The van der Waals surface area contributed by atoms with Crippen molar-refractivity contribution in [3.8, 4) is 0 Å². The Bertz CT molecular complexity index is 445. The molecule has 2 nitrogen and oxygen atoms in total. The number of para-hydroxylation sites is 1.